The Balaban J connectivity index is 1.67. The minimum Gasteiger partial charge on any atom is -0.289 e. The van der Waals surface area contributed by atoms with E-state index in [9.17, 15) is 17.6 Å². The molecule has 1 saturated carbocycles. The molecule has 1 saturated heterocycles. The van der Waals surface area contributed by atoms with Crippen LogP contribution in [0.5, 0.6) is 0 Å². The fourth-order valence-electron chi connectivity index (χ4n) is 3.08. The first-order valence-corrected chi connectivity index (χ1v) is 9.59. The summed E-state index contributed by atoms with van der Waals surface area (Å²) in [6.07, 6.45) is 4.72. The highest BCUT2D eigenvalue weighted by atomic mass is 32.2. The number of rotatable bonds is 6. The van der Waals surface area contributed by atoms with Crippen molar-refractivity contribution >= 4 is 15.7 Å². The van der Waals surface area contributed by atoms with E-state index >= 15 is 0 Å². The smallest absolute Gasteiger partial charge is 0.234 e. The molecule has 0 aromatic rings. The molecule has 1 atom stereocenters. The summed E-state index contributed by atoms with van der Waals surface area (Å²) in [6.45, 7) is 0.749. The minimum absolute atomic E-state index is 0.0802. The summed E-state index contributed by atoms with van der Waals surface area (Å²) >= 11 is 0. The summed E-state index contributed by atoms with van der Waals surface area (Å²) < 4.78 is 37.3. The molecular formula is C14H25FN2O3S. The van der Waals surface area contributed by atoms with Crippen LogP contribution in [-0.4, -0.2) is 49.6 Å². The van der Waals surface area contributed by atoms with E-state index in [2.05, 4.69) is 5.43 Å². The molecule has 122 valence electrons. The van der Waals surface area contributed by atoms with Gasteiger partial charge in [0.1, 0.15) is 6.17 Å². The van der Waals surface area contributed by atoms with Gasteiger partial charge in [-0.05, 0) is 25.7 Å². The van der Waals surface area contributed by atoms with Crippen LogP contribution in [0.15, 0.2) is 0 Å². The van der Waals surface area contributed by atoms with Crippen molar-refractivity contribution in [1.82, 2.24) is 10.4 Å². The summed E-state index contributed by atoms with van der Waals surface area (Å²) in [5.41, 5.74) is 2.63. The zero-order valence-electron chi connectivity index (χ0n) is 12.4. The second kappa shape index (κ2) is 7.54. The van der Waals surface area contributed by atoms with Gasteiger partial charge in [-0.15, -0.1) is 0 Å². The van der Waals surface area contributed by atoms with Gasteiger partial charge in [0, 0.05) is 19.5 Å². The van der Waals surface area contributed by atoms with E-state index in [4.69, 9.17) is 0 Å². The number of carbonyl (C=O) groups excluding carboxylic acids is 1. The Morgan fingerprint density at radius 3 is 2.52 bits per heavy atom. The Hall–Kier alpha value is -0.690. The molecular weight excluding hydrogens is 295 g/mol. The van der Waals surface area contributed by atoms with E-state index in [1.807, 2.05) is 0 Å². The summed E-state index contributed by atoms with van der Waals surface area (Å²) in [5, 5.41) is 1.36. The molecule has 0 bridgehead atoms. The summed E-state index contributed by atoms with van der Waals surface area (Å²) in [7, 11) is -3.07. The second-order valence-electron chi connectivity index (χ2n) is 6.10. The summed E-state index contributed by atoms with van der Waals surface area (Å²) in [6, 6.07) is 0. The van der Waals surface area contributed by atoms with Crippen LogP contribution in [0, 0.1) is 0 Å². The number of alkyl halides is 1. The second-order valence-corrected chi connectivity index (χ2v) is 8.50. The van der Waals surface area contributed by atoms with E-state index in [0.717, 1.165) is 32.1 Å². The Bertz CT molecular complexity index is 449. The maximum absolute atomic E-state index is 13.0. The lowest BCUT2D eigenvalue weighted by Gasteiger charge is -2.21. The van der Waals surface area contributed by atoms with Crippen LogP contribution in [0.3, 0.4) is 0 Å². The average molecular weight is 320 g/mol. The molecule has 1 N–H and O–H groups in total. The third-order valence-corrected chi connectivity index (χ3v) is 6.65. The maximum atomic E-state index is 13.0. The van der Waals surface area contributed by atoms with E-state index in [-0.39, 0.29) is 29.9 Å². The third kappa shape index (κ3) is 5.21. The first-order chi connectivity index (χ1) is 9.97. The van der Waals surface area contributed by atoms with Crippen LogP contribution in [0.1, 0.15) is 51.4 Å². The lowest BCUT2D eigenvalue weighted by atomic mass is 10.0. The standard InChI is InChI=1S/C14H25FN2O3S/c15-12-8-9-17(11-12)16-14(18)7-4-10-21(19,20)13-5-2-1-3-6-13/h12-13H,1-11H2,(H,16,18). The highest BCUT2D eigenvalue weighted by molar-refractivity contribution is 7.92. The number of halogens is 1. The topological polar surface area (TPSA) is 66.5 Å². The number of hydrogen-bond donors (Lipinski definition) is 1. The zero-order chi connectivity index (χ0) is 15.3. The Morgan fingerprint density at radius 1 is 1.19 bits per heavy atom. The van der Waals surface area contributed by atoms with Crippen LogP contribution in [0.2, 0.25) is 0 Å². The van der Waals surface area contributed by atoms with Gasteiger partial charge >= 0.3 is 0 Å². The molecule has 2 aliphatic rings. The quantitative estimate of drug-likeness (QED) is 0.807. The molecule has 7 heteroatoms. The van der Waals surface area contributed by atoms with Crippen LogP contribution in [0.25, 0.3) is 0 Å². The predicted molar refractivity (Wildman–Crippen MR) is 79.1 cm³/mol. The van der Waals surface area contributed by atoms with Gasteiger partial charge in [0.25, 0.3) is 0 Å². The van der Waals surface area contributed by atoms with Crippen molar-refractivity contribution in [2.75, 3.05) is 18.8 Å². The summed E-state index contributed by atoms with van der Waals surface area (Å²) in [5.74, 6) is -0.139. The van der Waals surface area contributed by atoms with Gasteiger partial charge in [0.2, 0.25) is 5.91 Å². The van der Waals surface area contributed by atoms with Crippen molar-refractivity contribution in [3.05, 3.63) is 0 Å². The molecule has 0 spiro atoms. The van der Waals surface area contributed by atoms with Crippen molar-refractivity contribution in [1.29, 1.82) is 0 Å². The number of hydrogen-bond acceptors (Lipinski definition) is 4. The number of nitrogens with one attached hydrogen (secondary N) is 1. The first kappa shape index (κ1) is 16.7. The normalized spacial score (nSPS) is 25.1. The van der Waals surface area contributed by atoms with Crippen LogP contribution >= 0.6 is 0 Å². The number of carbonyl (C=O) groups is 1. The first-order valence-electron chi connectivity index (χ1n) is 7.87. The van der Waals surface area contributed by atoms with Crippen molar-refractivity contribution in [3.8, 4) is 0 Å². The van der Waals surface area contributed by atoms with Crippen molar-refractivity contribution < 1.29 is 17.6 Å². The van der Waals surface area contributed by atoms with Gasteiger partial charge < -0.3 is 0 Å². The summed E-state index contributed by atoms with van der Waals surface area (Å²) in [4.78, 5) is 11.7. The zero-order valence-corrected chi connectivity index (χ0v) is 13.2. The fourth-order valence-corrected chi connectivity index (χ4v) is 5.01. The van der Waals surface area contributed by atoms with Crippen LogP contribution < -0.4 is 5.43 Å². The average Bonchev–Trinajstić information content (AvgIpc) is 2.85. The predicted octanol–water partition coefficient (Wildman–Crippen LogP) is 1.59. The van der Waals surface area contributed by atoms with Gasteiger partial charge in [0.15, 0.2) is 9.84 Å². The molecule has 2 rings (SSSR count). The molecule has 1 aliphatic heterocycles. The van der Waals surface area contributed by atoms with Gasteiger partial charge in [0.05, 0.1) is 11.0 Å². The Kier molecular flexibility index (Phi) is 5.98. The number of sulfone groups is 1. The van der Waals surface area contributed by atoms with Crippen molar-refractivity contribution in [2.45, 2.75) is 62.8 Å². The van der Waals surface area contributed by atoms with Gasteiger partial charge in [-0.2, -0.15) is 0 Å². The molecule has 1 amide bonds. The largest absolute Gasteiger partial charge is 0.289 e. The number of amides is 1. The van der Waals surface area contributed by atoms with E-state index < -0.39 is 16.0 Å². The van der Waals surface area contributed by atoms with E-state index in [1.54, 1.807) is 5.01 Å². The molecule has 2 fully saturated rings. The highest BCUT2D eigenvalue weighted by Crippen LogP contribution is 2.24. The van der Waals surface area contributed by atoms with Crippen LogP contribution in [-0.2, 0) is 14.6 Å². The van der Waals surface area contributed by atoms with Crippen LogP contribution in [0.4, 0.5) is 4.39 Å². The number of nitrogens with zero attached hydrogens (tertiary/aromatic N) is 1. The molecule has 1 unspecified atom stereocenters. The van der Waals surface area contributed by atoms with Gasteiger partial charge in [-0.25, -0.2) is 17.8 Å². The van der Waals surface area contributed by atoms with E-state index in [0.29, 0.717) is 19.4 Å². The highest BCUT2D eigenvalue weighted by Gasteiger charge is 2.27. The van der Waals surface area contributed by atoms with Crippen molar-refractivity contribution in [2.24, 2.45) is 0 Å². The Morgan fingerprint density at radius 2 is 1.90 bits per heavy atom. The fraction of sp³-hybridized carbons (Fsp3) is 0.929. The third-order valence-electron chi connectivity index (χ3n) is 4.31. The minimum atomic E-state index is -3.07. The maximum Gasteiger partial charge on any atom is 0.234 e. The monoisotopic (exact) mass is 320 g/mol. The van der Waals surface area contributed by atoms with Gasteiger partial charge in [-0.3, -0.25) is 10.2 Å². The molecule has 5 nitrogen and oxygen atoms in total. The molecule has 1 aliphatic carbocycles. The molecule has 21 heavy (non-hydrogen) atoms. The SMILES string of the molecule is O=C(CCCS(=O)(=O)C1CCCCC1)NN1CCC(F)C1. The Labute approximate surface area is 126 Å². The number of hydrazine groups is 1. The van der Waals surface area contributed by atoms with Crippen molar-refractivity contribution in [3.63, 3.8) is 0 Å². The lowest BCUT2D eigenvalue weighted by Crippen LogP contribution is -2.40. The van der Waals surface area contributed by atoms with Gasteiger partial charge in [-0.1, -0.05) is 19.3 Å². The molecule has 0 radical (unpaired) electrons. The van der Waals surface area contributed by atoms with E-state index in [1.165, 1.54) is 0 Å². The molecule has 0 aromatic carbocycles. The lowest BCUT2D eigenvalue weighted by molar-refractivity contribution is -0.125. The molecule has 1 heterocycles. The molecule has 0 aromatic heterocycles.